The summed E-state index contributed by atoms with van der Waals surface area (Å²) in [5.74, 6) is -0.469. The third kappa shape index (κ3) is 6.16. The summed E-state index contributed by atoms with van der Waals surface area (Å²) in [6, 6.07) is 19.8. The van der Waals surface area contributed by atoms with Gasteiger partial charge >= 0.3 is 0 Å². The molecule has 0 atom stereocenters. The van der Waals surface area contributed by atoms with E-state index in [0.717, 1.165) is 43.9 Å². The highest BCUT2D eigenvalue weighted by Gasteiger charge is 2.17. The van der Waals surface area contributed by atoms with E-state index in [0.29, 0.717) is 16.7 Å². The predicted molar refractivity (Wildman–Crippen MR) is 139 cm³/mol. The number of nitrogens with one attached hydrogen (secondary N) is 2. The molecule has 0 saturated carbocycles. The van der Waals surface area contributed by atoms with Crippen LogP contribution in [-0.4, -0.2) is 43.0 Å². The van der Waals surface area contributed by atoms with Gasteiger partial charge in [0.15, 0.2) is 5.78 Å². The molecular weight excluding hydrogens is 450 g/mol. The number of anilines is 2. The van der Waals surface area contributed by atoms with E-state index in [-0.39, 0.29) is 42.0 Å². The minimum atomic E-state index is -0.329. The van der Waals surface area contributed by atoms with Crippen LogP contribution in [0.1, 0.15) is 38.3 Å². The average molecular weight is 480 g/mol. The molecule has 3 aromatic rings. The summed E-state index contributed by atoms with van der Waals surface area (Å²) in [5.41, 5.74) is 4.09. The fourth-order valence-corrected chi connectivity index (χ4v) is 4.01. The van der Waals surface area contributed by atoms with E-state index >= 15 is 0 Å². The number of phenolic OH excluding ortho intramolecular Hbond substituents is 1. The Morgan fingerprint density at radius 2 is 1.65 bits per heavy atom. The Labute approximate surface area is 206 Å². The monoisotopic (exact) mass is 479 g/mol. The first-order chi connectivity index (χ1) is 16.0. The Kier molecular flexibility index (Phi) is 8.68. The quantitative estimate of drug-likeness (QED) is 0.355. The maximum absolute atomic E-state index is 12.9. The van der Waals surface area contributed by atoms with E-state index in [1.54, 1.807) is 36.4 Å². The van der Waals surface area contributed by atoms with Crippen LogP contribution in [0.5, 0.6) is 5.75 Å². The summed E-state index contributed by atoms with van der Waals surface area (Å²) in [6.45, 7) is 5.84. The van der Waals surface area contributed by atoms with Crippen molar-refractivity contribution in [1.29, 1.82) is 0 Å². The second-order valence-corrected chi connectivity index (χ2v) is 8.37. The highest BCUT2D eigenvalue weighted by Crippen LogP contribution is 2.29. The first kappa shape index (κ1) is 25.3. The van der Waals surface area contributed by atoms with Crippen LogP contribution < -0.4 is 15.5 Å². The lowest BCUT2D eigenvalue weighted by molar-refractivity contribution is 0.0989. The van der Waals surface area contributed by atoms with Crippen LogP contribution in [0.4, 0.5) is 11.4 Å². The minimum Gasteiger partial charge on any atom is -0.506 e. The number of carbonyl (C=O) groups is 2. The molecule has 0 aliphatic carbocycles. The molecule has 1 fully saturated rings. The van der Waals surface area contributed by atoms with Gasteiger partial charge in [0.1, 0.15) is 5.75 Å². The summed E-state index contributed by atoms with van der Waals surface area (Å²) < 4.78 is 0. The fourth-order valence-electron chi connectivity index (χ4n) is 4.01. The molecule has 0 radical (unpaired) electrons. The molecule has 1 heterocycles. The summed E-state index contributed by atoms with van der Waals surface area (Å²) >= 11 is 0. The van der Waals surface area contributed by atoms with Crippen molar-refractivity contribution in [3.8, 4) is 5.75 Å². The maximum atomic E-state index is 12.9. The van der Waals surface area contributed by atoms with Crippen molar-refractivity contribution in [3.05, 3.63) is 89.0 Å². The zero-order valence-electron chi connectivity index (χ0n) is 19.2. The Balaban J connectivity index is 0.00000324. The zero-order valence-corrected chi connectivity index (χ0v) is 20.0. The molecule has 1 amide bonds. The molecule has 4 rings (SSSR count). The van der Waals surface area contributed by atoms with Crippen molar-refractivity contribution in [2.75, 3.05) is 36.4 Å². The van der Waals surface area contributed by atoms with E-state index < -0.39 is 0 Å². The van der Waals surface area contributed by atoms with Gasteiger partial charge < -0.3 is 20.6 Å². The Morgan fingerprint density at radius 3 is 2.38 bits per heavy atom. The molecule has 1 aliphatic heterocycles. The van der Waals surface area contributed by atoms with Crippen LogP contribution in [0.25, 0.3) is 0 Å². The molecule has 6 nitrogen and oxygen atoms in total. The van der Waals surface area contributed by atoms with E-state index in [2.05, 4.69) is 15.5 Å². The topological polar surface area (TPSA) is 81.7 Å². The molecule has 0 unspecified atom stereocenters. The van der Waals surface area contributed by atoms with Gasteiger partial charge in [-0.15, -0.1) is 12.4 Å². The van der Waals surface area contributed by atoms with Crippen LogP contribution in [0.3, 0.4) is 0 Å². The number of ketones is 1. The molecular formula is C27H30ClN3O3. The zero-order chi connectivity index (χ0) is 23.2. The van der Waals surface area contributed by atoms with Gasteiger partial charge in [-0.2, -0.15) is 0 Å². The second kappa shape index (κ2) is 11.7. The van der Waals surface area contributed by atoms with Crippen molar-refractivity contribution in [2.45, 2.75) is 19.8 Å². The number of Topliss-reactive ketones (excluding diaryl/α,β-unsaturated/α-hetero) is 1. The first-order valence-electron chi connectivity index (χ1n) is 11.3. The van der Waals surface area contributed by atoms with Crippen molar-refractivity contribution < 1.29 is 14.7 Å². The molecule has 3 aromatic carbocycles. The SMILES string of the molecule is Cc1ccc(C(=O)Cc2cccc(O)c2NC(=O)c2ccc(N3CCCNCC3)cc2)cc1.Cl. The Morgan fingerprint density at radius 1 is 0.941 bits per heavy atom. The lowest BCUT2D eigenvalue weighted by Gasteiger charge is -2.22. The summed E-state index contributed by atoms with van der Waals surface area (Å²) in [5, 5.41) is 16.6. The molecule has 178 valence electrons. The second-order valence-electron chi connectivity index (χ2n) is 8.37. The molecule has 0 bridgehead atoms. The number of hydrogen-bond acceptors (Lipinski definition) is 5. The Bertz CT molecular complexity index is 1120. The number of carbonyl (C=O) groups excluding carboxylic acids is 2. The number of benzene rings is 3. The Hall–Kier alpha value is -3.35. The van der Waals surface area contributed by atoms with Crippen molar-refractivity contribution in [2.24, 2.45) is 0 Å². The number of nitrogens with zero attached hydrogens (tertiary/aromatic N) is 1. The number of amides is 1. The van der Waals surface area contributed by atoms with Gasteiger partial charge in [-0.3, -0.25) is 9.59 Å². The number of rotatable bonds is 6. The van der Waals surface area contributed by atoms with Crippen LogP contribution >= 0.6 is 12.4 Å². The maximum Gasteiger partial charge on any atom is 0.255 e. The molecule has 7 heteroatoms. The van der Waals surface area contributed by atoms with E-state index in [1.165, 1.54) is 6.07 Å². The van der Waals surface area contributed by atoms with Gasteiger partial charge in [0, 0.05) is 42.9 Å². The van der Waals surface area contributed by atoms with Crippen molar-refractivity contribution >= 4 is 35.5 Å². The van der Waals surface area contributed by atoms with Crippen LogP contribution in [0.2, 0.25) is 0 Å². The van der Waals surface area contributed by atoms with Crippen LogP contribution in [0.15, 0.2) is 66.7 Å². The van der Waals surface area contributed by atoms with Crippen LogP contribution in [-0.2, 0) is 6.42 Å². The molecule has 34 heavy (non-hydrogen) atoms. The summed E-state index contributed by atoms with van der Waals surface area (Å²) in [7, 11) is 0. The van der Waals surface area contributed by atoms with Gasteiger partial charge in [-0.25, -0.2) is 0 Å². The molecule has 0 aromatic heterocycles. The van der Waals surface area contributed by atoms with Gasteiger partial charge in [0.2, 0.25) is 0 Å². The average Bonchev–Trinajstić information content (AvgIpc) is 3.11. The van der Waals surface area contributed by atoms with Crippen molar-refractivity contribution in [3.63, 3.8) is 0 Å². The molecule has 3 N–H and O–H groups in total. The summed E-state index contributed by atoms with van der Waals surface area (Å²) in [4.78, 5) is 28.0. The third-order valence-electron chi connectivity index (χ3n) is 5.93. The molecule has 1 aliphatic rings. The van der Waals surface area contributed by atoms with Gasteiger partial charge in [0.25, 0.3) is 5.91 Å². The number of phenols is 1. The lowest BCUT2D eigenvalue weighted by Crippen LogP contribution is -2.27. The standard InChI is InChI=1S/C27H29N3O3.ClH/c1-19-6-8-20(9-7-19)25(32)18-22-4-2-5-24(31)26(22)29-27(33)21-10-12-23(13-11-21)30-16-3-14-28-15-17-30;/h2,4-13,28,31H,3,14-18H2,1H3,(H,29,33);1H. The summed E-state index contributed by atoms with van der Waals surface area (Å²) in [6.07, 6.45) is 1.16. The number of halogens is 1. The highest BCUT2D eigenvalue weighted by atomic mass is 35.5. The number of aryl methyl sites for hydroxylation is 1. The van der Waals surface area contributed by atoms with Crippen molar-refractivity contribution in [1.82, 2.24) is 5.32 Å². The van der Waals surface area contributed by atoms with Gasteiger partial charge in [-0.05, 0) is 55.8 Å². The van der Waals surface area contributed by atoms with E-state index in [9.17, 15) is 14.7 Å². The fraction of sp³-hybridized carbons (Fsp3) is 0.259. The number of aromatic hydroxyl groups is 1. The number of hydrogen-bond donors (Lipinski definition) is 3. The van der Waals surface area contributed by atoms with Gasteiger partial charge in [0.05, 0.1) is 5.69 Å². The molecule has 1 saturated heterocycles. The smallest absolute Gasteiger partial charge is 0.255 e. The van der Waals surface area contributed by atoms with Gasteiger partial charge in [-0.1, -0.05) is 42.0 Å². The van der Waals surface area contributed by atoms with Crippen LogP contribution in [0, 0.1) is 6.92 Å². The largest absolute Gasteiger partial charge is 0.506 e. The van der Waals surface area contributed by atoms with E-state index in [1.807, 2.05) is 31.2 Å². The third-order valence-corrected chi connectivity index (χ3v) is 5.93. The predicted octanol–water partition coefficient (Wildman–Crippen LogP) is 4.60. The number of para-hydroxylation sites is 1. The highest BCUT2D eigenvalue weighted by molar-refractivity contribution is 6.06. The lowest BCUT2D eigenvalue weighted by atomic mass is 10.00. The van der Waals surface area contributed by atoms with E-state index in [4.69, 9.17) is 0 Å². The minimum absolute atomic E-state index is 0. The first-order valence-corrected chi connectivity index (χ1v) is 11.3. The molecule has 0 spiro atoms. The normalized spacial score (nSPS) is 13.5.